The van der Waals surface area contributed by atoms with Crippen LogP contribution >= 0.6 is 23.2 Å². The highest BCUT2D eigenvalue weighted by molar-refractivity contribution is 6.35. The zero-order valence-corrected chi connectivity index (χ0v) is 12.6. The minimum absolute atomic E-state index is 0.119. The molecule has 108 valence electrons. The predicted octanol–water partition coefficient (Wildman–Crippen LogP) is 2.49. The molecule has 0 amide bonds. The molecule has 0 bridgehead atoms. The minimum Gasteiger partial charge on any atom is -0.489 e. The summed E-state index contributed by atoms with van der Waals surface area (Å²) < 4.78 is 10.4. The van der Waals surface area contributed by atoms with Crippen molar-refractivity contribution in [2.24, 2.45) is 0 Å². The molecule has 1 atom stereocenters. The van der Waals surface area contributed by atoms with E-state index in [4.69, 9.17) is 32.7 Å². The molecule has 2 N–H and O–H groups in total. The standard InChI is InChI=1S/C13H19Cl2NO3/c1-3-16-6-9-4-10(14)5-12(15)13(9)19-8-11(17)7-18-2/h4-5,11,16-17H,3,6-8H2,1-2H3. The third kappa shape index (κ3) is 5.55. The molecule has 0 spiro atoms. The molecule has 1 aromatic carbocycles. The van der Waals surface area contributed by atoms with Crippen molar-refractivity contribution in [2.45, 2.75) is 19.6 Å². The number of methoxy groups -OCH3 is 1. The molecule has 19 heavy (non-hydrogen) atoms. The molecule has 0 fully saturated rings. The Bertz CT molecular complexity index is 402. The monoisotopic (exact) mass is 307 g/mol. The molecule has 1 aromatic rings. The number of hydrogen-bond acceptors (Lipinski definition) is 4. The van der Waals surface area contributed by atoms with Crippen LogP contribution in [-0.2, 0) is 11.3 Å². The second-order valence-electron chi connectivity index (χ2n) is 4.08. The van der Waals surface area contributed by atoms with Crippen LogP contribution < -0.4 is 10.1 Å². The van der Waals surface area contributed by atoms with Crippen LogP contribution in [0.15, 0.2) is 12.1 Å². The first-order valence-corrected chi connectivity index (χ1v) is 6.82. The predicted molar refractivity (Wildman–Crippen MR) is 77.2 cm³/mol. The first-order valence-electron chi connectivity index (χ1n) is 6.06. The van der Waals surface area contributed by atoms with E-state index < -0.39 is 6.10 Å². The van der Waals surface area contributed by atoms with E-state index in [1.54, 1.807) is 12.1 Å². The number of aliphatic hydroxyl groups is 1. The number of halogens is 2. The largest absolute Gasteiger partial charge is 0.489 e. The highest BCUT2D eigenvalue weighted by atomic mass is 35.5. The number of nitrogens with one attached hydrogen (secondary N) is 1. The lowest BCUT2D eigenvalue weighted by Gasteiger charge is -2.16. The van der Waals surface area contributed by atoms with Crippen molar-refractivity contribution in [2.75, 3.05) is 26.9 Å². The Morgan fingerprint density at radius 3 is 2.68 bits per heavy atom. The first kappa shape index (κ1) is 16.5. The van der Waals surface area contributed by atoms with Gasteiger partial charge in [0.25, 0.3) is 0 Å². The Morgan fingerprint density at radius 1 is 1.32 bits per heavy atom. The van der Waals surface area contributed by atoms with Gasteiger partial charge in [-0.25, -0.2) is 0 Å². The van der Waals surface area contributed by atoms with Gasteiger partial charge in [-0.1, -0.05) is 30.1 Å². The molecule has 4 nitrogen and oxygen atoms in total. The number of benzene rings is 1. The van der Waals surface area contributed by atoms with Crippen molar-refractivity contribution >= 4 is 23.2 Å². The van der Waals surface area contributed by atoms with Crippen LogP contribution in [0.4, 0.5) is 0 Å². The van der Waals surface area contributed by atoms with Gasteiger partial charge in [0, 0.05) is 24.2 Å². The molecule has 1 rings (SSSR count). The van der Waals surface area contributed by atoms with Crippen molar-refractivity contribution in [1.29, 1.82) is 0 Å². The van der Waals surface area contributed by atoms with E-state index in [0.29, 0.717) is 22.3 Å². The van der Waals surface area contributed by atoms with Gasteiger partial charge in [0.05, 0.1) is 11.6 Å². The highest BCUT2D eigenvalue weighted by Gasteiger charge is 2.13. The molecular weight excluding hydrogens is 289 g/mol. The fraction of sp³-hybridized carbons (Fsp3) is 0.538. The van der Waals surface area contributed by atoms with Crippen LogP contribution in [-0.4, -0.2) is 38.1 Å². The topological polar surface area (TPSA) is 50.7 Å². The van der Waals surface area contributed by atoms with E-state index in [1.807, 2.05) is 6.92 Å². The van der Waals surface area contributed by atoms with E-state index in [9.17, 15) is 5.11 Å². The normalized spacial score (nSPS) is 12.5. The lowest BCUT2D eigenvalue weighted by atomic mass is 10.2. The van der Waals surface area contributed by atoms with Crippen molar-refractivity contribution in [3.63, 3.8) is 0 Å². The molecule has 0 aromatic heterocycles. The SMILES string of the molecule is CCNCc1cc(Cl)cc(Cl)c1OCC(O)COC. The Balaban J connectivity index is 2.78. The summed E-state index contributed by atoms with van der Waals surface area (Å²) in [6.45, 7) is 3.78. The quantitative estimate of drug-likeness (QED) is 0.775. The smallest absolute Gasteiger partial charge is 0.142 e. The van der Waals surface area contributed by atoms with Gasteiger partial charge in [-0.15, -0.1) is 0 Å². The van der Waals surface area contributed by atoms with Gasteiger partial charge in [-0.05, 0) is 18.7 Å². The van der Waals surface area contributed by atoms with Crippen LogP contribution in [0.2, 0.25) is 10.0 Å². The van der Waals surface area contributed by atoms with E-state index in [2.05, 4.69) is 5.32 Å². The Hall–Kier alpha value is -0.520. The van der Waals surface area contributed by atoms with E-state index in [0.717, 1.165) is 12.1 Å². The number of rotatable bonds is 8. The van der Waals surface area contributed by atoms with Gasteiger partial charge < -0.3 is 19.9 Å². The number of ether oxygens (including phenoxy) is 2. The zero-order chi connectivity index (χ0) is 14.3. The van der Waals surface area contributed by atoms with E-state index >= 15 is 0 Å². The molecule has 0 saturated carbocycles. The fourth-order valence-electron chi connectivity index (χ4n) is 1.59. The first-order chi connectivity index (χ1) is 9.08. The molecule has 0 saturated heterocycles. The average Bonchev–Trinajstić information content (AvgIpc) is 2.35. The van der Waals surface area contributed by atoms with E-state index in [-0.39, 0.29) is 13.2 Å². The molecule has 0 aliphatic heterocycles. The van der Waals surface area contributed by atoms with Crippen LogP contribution in [0.1, 0.15) is 12.5 Å². The Morgan fingerprint density at radius 2 is 2.05 bits per heavy atom. The van der Waals surface area contributed by atoms with Crippen molar-refractivity contribution in [3.8, 4) is 5.75 Å². The van der Waals surface area contributed by atoms with Gasteiger partial charge in [-0.3, -0.25) is 0 Å². The molecular formula is C13H19Cl2NO3. The average molecular weight is 308 g/mol. The Labute approximate surface area is 123 Å². The van der Waals surface area contributed by atoms with Gasteiger partial charge in [0.2, 0.25) is 0 Å². The van der Waals surface area contributed by atoms with Crippen molar-refractivity contribution < 1.29 is 14.6 Å². The van der Waals surface area contributed by atoms with Crippen LogP contribution in [0, 0.1) is 0 Å². The maximum absolute atomic E-state index is 9.59. The zero-order valence-electron chi connectivity index (χ0n) is 11.1. The minimum atomic E-state index is -0.691. The summed E-state index contributed by atoms with van der Waals surface area (Å²) in [5, 5.41) is 13.8. The van der Waals surface area contributed by atoms with E-state index in [1.165, 1.54) is 7.11 Å². The third-order valence-corrected chi connectivity index (χ3v) is 2.93. The lowest BCUT2D eigenvalue weighted by molar-refractivity contribution is 0.0323. The van der Waals surface area contributed by atoms with Crippen molar-refractivity contribution in [1.82, 2.24) is 5.32 Å². The molecule has 0 radical (unpaired) electrons. The number of aliphatic hydroxyl groups excluding tert-OH is 1. The second kappa shape index (κ2) is 8.61. The maximum Gasteiger partial charge on any atom is 0.142 e. The Kier molecular flexibility index (Phi) is 7.49. The molecule has 6 heteroatoms. The van der Waals surface area contributed by atoms with Crippen LogP contribution in [0.3, 0.4) is 0 Å². The summed E-state index contributed by atoms with van der Waals surface area (Å²) in [4.78, 5) is 0. The third-order valence-electron chi connectivity index (χ3n) is 2.43. The molecule has 0 aliphatic rings. The fourth-order valence-corrected chi connectivity index (χ4v) is 2.18. The van der Waals surface area contributed by atoms with Gasteiger partial charge in [-0.2, -0.15) is 0 Å². The highest BCUT2D eigenvalue weighted by Crippen LogP contribution is 2.32. The summed E-state index contributed by atoms with van der Waals surface area (Å²) in [6, 6.07) is 3.42. The van der Waals surface area contributed by atoms with Crippen LogP contribution in [0.5, 0.6) is 5.75 Å². The molecule has 0 heterocycles. The van der Waals surface area contributed by atoms with Crippen molar-refractivity contribution in [3.05, 3.63) is 27.7 Å². The van der Waals surface area contributed by atoms with Gasteiger partial charge >= 0.3 is 0 Å². The summed E-state index contributed by atoms with van der Waals surface area (Å²) in [5.41, 5.74) is 0.865. The van der Waals surface area contributed by atoms with Gasteiger partial charge in [0.15, 0.2) is 0 Å². The second-order valence-corrected chi connectivity index (χ2v) is 4.92. The summed E-state index contributed by atoms with van der Waals surface area (Å²) in [6.07, 6.45) is -0.691. The number of hydrogen-bond donors (Lipinski definition) is 2. The molecule has 1 unspecified atom stereocenters. The van der Waals surface area contributed by atoms with Crippen LogP contribution in [0.25, 0.3) is 0 Å². The maximum atomic E-state index is 9.59. The van der Waals surface area contributed by atoms with Gasteiger partial charge in [0.1, 0.15) is 18.5 Å². The lowest BCUT2D eigenvalue weighted by Crippen LogP contribution is -2.23. The summed E-state index contributed by atoms with van der Waals surface area (Å²) in [7, 11) is 1.52. The molecule has 0 aliphatic carbocycles. The summed E-state index contributed by atoms with van der Waals surface area (Å²) >= 11 is 12.1. The summed E-state index contributed by atoms with van der Waals surface area (Å²) in [5.74, 6) is 0.544.